The van der Waals surface area contributed by atoms with E-state index in [4.69, 9.17) is 0 Å². The lowest BCUT2D eigenvalue weighted by atomic mass is 10.3. The van der Waals surface area contributed by atoms with Crippen LogP contribution in [0.2, 0.25) is 0 Å². The standard InChI is InChI=1S/C7H15NO2S/c1-6-5-11(9,10)7(2)3-4-8-6/h6-8H,3-5H2,1-2H3. The summed E-state index contributed by atoms with van der Waals surface area (Å²) in [5.41, 5.74) is 0. The smallest absolute Gasteiger partial charge is 0.154 e. The van der Waals surface area contributed by atoms with Crippen molar-refractivity contribution in [3.63, 3.8) is 0 Å². The van der Waals surface area contributed by atoms with Gasteiger partial charge in [0.05, 0.1) is 11.0 Å². The molecule has 0 saturated carbocycles. The fraction of sp³-hybridized carbons (Fsp3) is 1.00. The van der Waals surface area contributed by atoms with Gasteiger partial charge >= 0.3 is 0 Å². The Morgan fingerprint density at radius 2 is 2.00 bits per heavy atom. The van der Waals surface area contributed by atoms with E-state index in [1.54, 1.807) is 6.92 Å². The molecule has 1 saturated heterocycles. The molecule has 2 unspecified atom stereocenters. The quantitative estimate of drug-likeness (QED) is 0.574. The zero-order valence-electron chi connectivity index (χ0n) is 7.00. The first-order chi connectivity index (χ1) is 5.02. The second-order valence-corrected chi connectivity index (χ2v) is 5.75. The Morgan fingerprint density at radius 3 is 2.64 bits per heavy atom. The molecule has 0 aromatic heterocycles. The monoisotopic (exact) mass is 177 g/mol. The van der Waals surface area contributed by atoms with Gasteiger partial charge in [-0.3, -0.25) is 0 Å². The molecule has 0 amide bonds. The zero-order chi connectivity index (χ0) is 8.48. The van der Waals surface area contributed by atoms with Gasteiger partial charge in [0.1, 0.15) is 0 Å². The molecule has 11 heavy (non-hydrogen) atoms. The second kappa shape index (κ2) is 3.11. The van der Waals surface area contributed by atoms with Gasteiger partial charge in [-0.05, 0) is 26.8 Å². The van der Waals surface area contributed by atoms with Crippen LogP contribution in [0, 0.1) is 0 Å². The third-order valence-electron chi connectivity index (χ3n) is 2.14. The molecule has 1 heterocycles. The van der Waals surface area contributed by atoms with Gasteiger partial charge in [0, 0.05) is 6.04 Å². The molecule has 0 aromatic carbocycles. The average Bonchev–Trinajstić information content (AvgIpc) is 1.93. The summed E-state index contributed by atoms with van der Waals surface area (Å²) in [6.07, 6.45) is 0.743. The third-order valence-corrected chi connectivity index (χ3v) is 4.57. The lowest BCUT2D eigenvalue weighted by molar-refractivity contribution is 0.579. The first-order valence-electron chi connectivity index (χ1n) is 3.97. The van der Waals surface area contributed by atoms with Crippen molar-refractivity contribution in [2.24, 2.45) is 0 Å². The van der Waals surface area contributed by atoms with E-state index in [-0.39, 0.29) is 17.0 Å². The summed E-state index contributed by atoms with van der Waals surface area (Å²) in [6.45, 7) is 4.52. The van der Waals surface area contributed by atoms with Gasteiger partial charge < -0.3 is 5.32 Å². The van der Waals surface area contributed by atoms with E-state index in [2.05, 4.69) is 5.32 Å². The highest BCUT2D eigenvalue weighted by Crippen LogP contribution is 2.10. The van der Waals surface area contributed by atoms with Crippen LogP contribution in [-0.2, 0) is 9.84 Å². The largest absolute Gasteiger partial charge is 0.313 e. The average molecular weight is 177 g/mol. The first kappa shape index (κ1) is 9.00. The summed E-state index contributed by atoms with van der Waals surface area (Å²) >= 11 is 0. The van der Waals surface area contributed by atoms with Crippen LogP contribution < -0.4 is 5.32 Å². The Bertz CT molecular complexity index is 223. The van der Waals surface area contributed by atoms with Crippen molar-refractivity contribution in [1.82, 2.24) is 5.32 Å². The normalized spacial score (nSPS) is 38.0. The van der Waals surface area contributed by atoms with Crippen LogP contribution in [0.25, 0.3) is 0 Å². The Kier molecular flexibility index (Phi) is 2.54. The van der Waals surface area contributed by atoms with Crippen molar-refractivity contribution >= 4 is 9.84 Å². The van der Waals surface area contributed by atoms with E-state index in [0.29, 0.717) is 0 Å². The Hall–Kier alpha value is -0.0900. The van der Waals surface area contributed by atoms with Gasteiger partial charge in [0.15, 0.2) is 9.84 Å². The molecule has 1 N–H and O–H groups in total. The SMILES string of the molecule is CC1CS(=O)(=O)C(C)CCN1. The highest BCUT2D eigenvalue weighted by molar-refractivity contribution is 7.92. The predicted octanol–water partition coefficient (Wildman–Crippen LogP) is 0.172. The van der Waals surface area contributed by atoms with Crippen molar-refractivity contribution in [3.05, 3.63) is 0 Å². The first-order valence-corrected chi connectivity index (χ1v) is 5.69. The Morgan fingerprint density at radius 1 is 1.36 bits per heavy atom. The molecule has 0 radical (unpaired) electrons. The molecule has 0 bridgehead atoms. The van der Waals surface area contributed by atoms with Crippen molar-refractivity contribution in [3.8, 4) is 0 Å². The summed E-state index contributed by atoms with van der Waals surface area (Å²) in [6, 6.07) is 0.116. The summed E-state index contributed by atoms with van der Waals surface area (Å²) in [4.78, 5) is 0. The van der Waals surface area contributed by atoms with Gasteiger partial charge in [-0.25, -0.2) is 8.42 Å². The van der Waals surface area contributed by atoms with Gasteiger partial charge in [-0.2, -0.15) is 0 Å². The second-order valence-electron chi connectivity index (χ2n) is 3.28. The van der Waals surface area contributed by atoms with Crippen LogP contribution in [0.1, 0.15) is 20.3 Å². The minimum atomic E-state index is -2.81. The van der Waals surface area contributed by atoms with E-state index in [1.807, 2.05) is 6.92 Å². The van der Waals surface area contributed by atoms with Gasteiger partial charge in [-0.15, -0.1) is 0 Å². The molecule has 1 rings (SSSR count). The number of nitrogens with one attached hydrogen (secondary N) is 1. The molecule has 1 fully saturated rings. The maximum Gasteiger partial charge on any atom is 0.154 e. The van der Waals surface area contributed by atoms with Crippen LogP contribution in [0.15, 0.2) is 0 Å². The molecule has 4 heteroatoms. The van der Waals surface area contributed by atoms with Gasteiger partial charge in [0.25, 0.3) is 0 Å². The van der Waals surface area contributed by atoms with Crippen LogP contribution in [0.4, 0.5) is 0 Å². The third kappa shape index (κ3) is 2.17. The summed E-state index contributed by atoms with van der Waals surface area (Å²) in [5.74, 6) is 0.286. The van der Waals surface area contributed by atoms with Crippen molar-refractivity contribution in [2.75, 3.05) is 12.3 Å². The van der Waals surface area contributed by atoms with Gasteiger partial charge in [0.2, 0.25) is 0 Å². The van der Waals surface area contributed by atoms with Crippen molar-refractivity contribution < 1.29 is 8.42 Å². The summed E-state index contributed by atoms with van der Waals surface area (Å²) in [5, 5.41) is 2.98. The van der Waals surface area contributed by atoms with Gasteiger partial charge in [-0.1, -0.05) is 0 Å². The maximum absolute atomic E-state index is 11.4. The fourth-order valence-corrected chi connectivity index (χ4v) is 2.90. The summed E-state index contributed by atoms with van der Waals surface area (Å²) < 4.78 is 22.7. The molecule has 66 valence electrons. The van der Waals surface area contributed by atoms with E-state index >= 15 is 0 Å². The zero-order valence-corrected chi connectivity index (χ0v) is 7.82. The molecule has 1 aliphatic heterocycles. The van der Waals surface area contributed by atoms with Crippen molar-refractivity contribution in [2.45, 2.75) is 31.6 Å². The molecule has 0 aliphatic carbocycles. The van der Waals surface area contributed by atoms with Crippen LogP contribution in [0.3, 0.4) is 0 Å². The fourth-order valence-electron chi connectivity index (χ4n) is 1.28. The summed E-state index contributed by atoms with van der Waals surface area (Å²) in [7, 11) is -2.81. The van der Waals surface area contributed by atoms with Crippen molar-refractivity contribution in [1.29, 1.82) is 0 Å². The molecule has 1 aliphatic rings. The van der Waals surface area contributed by atoms with Crippen LogP contribution in [0.5, 0.6) is 0 Å². The molecular formula is C7H15NO2S. The Balaban J connectivity index is 2.77. The Labute approximate surface area is 68.1 Å². The number of rotatable bonds is 0. The lowest BCUT2D eigenvalue weighted by Crippen LogP contribution is -2.30. The van der Waals surface area contributed by atoms with Crippen LogP contribution >= 0.6 is 0 Å². The molecule has 0 spiro atoms. The number of hydrogen-bond acceptors (Lipinski definition) is 3. The predicted molar refractivity (Wildman–Crippen MR) is 45.3 cm³/mol. The molecular weight excluding hydrogens is 162 g/mol. The minimum Gasteiger partial charge on any atom is -0.313 e. The minimum absolute atomic E-state index is 0.116. The molecule has 2 atom stereocenters. The lowest BCUT2D eigenvalue weighted by Gasteiger charge is -2.08. The molecule has 0 aromatic rings. The highest BCUT2D eigenvalue weighted by Gasteiger charge is 2.25. The van der Waals surface area contributed by atoms with Crippen LogP contribution in [-0.4, -0.2) is 32.0 Å². The number of sulfone groups is 1. The van der Waals surface area contributed by atoms with E-state index in [1.165, 1.54) is 0 Å². The highest BCUT2D eigenvalue weighted by atomic mass is 32.2. The molecule has 3 nitrogen and oxygen atoms in total. The van der Waals surface area contributed by atoms with E-state index in [9.17, 15) is 8.42 Å². The van der Waals surface area contributed by atoms with E-state index < -0.39 is 9.84 Å². The maximum atomic E-state index is 11.4. The van der Waals surface area contributed by atoms with E-state index in [0.717, 1.165) is 13.0 Å². The number of hydrogen-bond donors (Lipinski definition) is 1. The topological polar surface area (TPSA) is 46.2 Å².